The lowest BCUT2D eigenvalue weighted by atomic mass is 10.2. The van der Waals surface area contributed by atoms with Crippen molar-refractivity contribution in [1.29, 1.82) is 0 Å². The van der Waals surface area contributed by atoms with Crippen LogP contribution in [0.1, 0.15) is 35.6 Å². The Labute approximate surface area is 139 Å². The zero-order chi connectivity index (χ0) is 16.8. The Balaban J connectivity index is 2.02. The molecule has 0 saturated carbocycles. The van der Waals surface area contributed by atoms with Crippen LogP contribution in [0.25, 0.3) is 0 Å². The number of aryl methyl sites for hydroxylation is 1. The van der Waals surface area contributed by atoms with Crippen molar-refractivity contribution in [1.82, 2.24) is 20.1 Å². The van der Waals surface area contributed by atoms with Crippen LogP contribution in [0.2, 0.25) is 5.02 Å². The van der Waals surface area contributed by atoms with Gasteiger partial charge in [0.05, 0.1) is 17.7 Å². The number of carbonyl (C=O) groups is 1. The molecule has 124 valence electrons. The lowest BCUT2D eigenvalue weighted by molar-refractivity contribution is 0.0937. The maximum Gasteiger partial charge on any atom is 0.251 e. The van der Waals surface area contributed by atoms with E-state index in [1.165, 1.54) is 0 Å². The zero-order valence-electron chi connectivity index (χ0n) is 13.1. The lowest BCUT2D eigenvalue weighted by Gasteiger charge is -2.14. The van der Waals surface area contributed by atoms with Crippen molar-refractivity contribution >= 4 is 17.5 Å². The van der Waals surface area contributed by atoms with Crippen molar-refractivity contribution in [2.24, 2.45) is 12.8 Å². The van der Waals surface area contributed by atoms with E-state index in [4.69, 9.17) is 22.1 Å². The summed E-state index contributed by atoms with van der Waals surface area (Å²) in [5.41, 5.74) is 5.87. The maximum atomic E-state index is 12.3. The van der Waals surface area contributed by atoms with E-state index in [2.05, 4.69) is 15.5 Å². The molecule has 8 heteroatoms. The number of nitrogens with one attached hydrogen (secondary N) is 1. The summed E-state index contributed by atoms with van der Waals surface area (Å²) in [6.07, 6.45) is 2.33. The van der Waals surface area contributed by atoms with Crippen LogP contribution in [0.15, 0.2) is 24.5 Å². The lowest BCUT2D eigenvalue weighted by Crippen LogP contribution is -2.28. The molecule has 1 heterocycles. The predicted octanol–water partition coefficient (Wildman–Crippen LogP) is 1.69. The van der Waals surface area contributed by atoms with Gasteiger partial charge in [-0.25, -0.2) is 0 Å². The van der Waals surface area contributed by atoms with Crippen molar-refractivity contribution in [3.63, 3.8) is 0 Å². The van der Waals surface area contributed by atoms with Gasteiger partial charge in [0.15, 0.2) is 5.82 Å². The van der Waals surface area contributed by atoms with Crippen LogP contribution < -0.4 is 15.8 Å². The monoisotopic (exact) mass is 337 g/mol. The Hall–Kier alpha value is -2.12. The average molecular weight is 338 g/mol. The highest BCUT2D eigenvalue weighted by atomic mass is 35.5. The SMILES string of the molecule is CC(NC(=O)c1ccc(OCCCN)c(Cl)c1)c1nncn1C. The molecule has 1 aromatic carbocycles. The molecule has 1 unspecified atom stereocenters. The largest absolute Gasteiger partial charge is 0.492 e. The summed E-state index contributed by atoms with van der Waals surface area (Å²) >= 11 is 6.15. The number of rotatable bonds is 7. The molecular weight excluding hydrogens is 318 g/mol. The fourth-order valence-electron chi connectivity index (χ4n) is 2.05. The predicted molar refractivity (Wildman–Crippen MR) is 87.5 cm³/mol. The highest BCUT2D eigenvalue weighted by molar-refractivity contribution is 6.32. The number of nitrogens with zero attached hydrogens (tertiary/aromatic N) is 3. The highest BCUT2D eigenvalue weighted by Gasteiger charge is 2.16. The molecule has 1 amide bonds. The minimum absolute atomic E-state index is 0.240. The van der Waals surface area contributed by atoms with E-state index in [0.29, 0.717) is 35.3 Å². The van der Waals surface area contributed by atoms with E-state index in [1.807, 2.05) is 14.0 Å². The number of amides is 1. The summed E-state index contributed by atoms with van der Waals surface area (Å²) in [7, 11) is 1.82. The number of carbonyl (C=O) groups excluding carboxylic acids is 1. The van der Waals surface area contributed by atoms with Crippen LogP contribution in [-0.4, -0.2) is 33.8 Å². The Kier molecular flexibility index (Phi) is 5.95. The second kappa shape index (κ2) is 7.94. The van der Waals surface area contributed by atoms with Gasteiger partial charge in [0.1, 0.15) is 12.1 Å². The van der Waals surface area contributed by atoms with Crippen molar-refractivity contribution in [3.05, 3.63) is 40.9 Å². The number of hydrogen-bond donors (Lipinski definition) is 2. The van der Waals surface area contributed by atoms with Crippen LogP contribution in [0, 0.1) is 0 Å². The second-order valence-electron chi connectivity index (χ2n) is 5.13. The highest BCUT2D eigenvalue weighted by Crippen LogP contribution is 2.25. The van der Waals surface area contributed by atoms with Crippen LogP contribution in [0.3, 0.4) is 0 Å². The number of nitrogens with two attached hydrogens (primary N) is 1. The first-order chi connectivity index (χ1) is 11.0. The third kappa shape index (κ3) is 4.43. The van der Waals surface area contributed by atoms with E-state index in [0.717, 1.165) is 6.42 Å². The Bertz CT molecular complexity index is 674. The van der Waals surface area contributed by atoms with Gasteiger partial charge in [0.2, 0.25) is 0 Å². The first-order valence-electron chi connectivity index (χ1n) is 7.30. The van der Waals surface area contributed by atoms with Crippen molar-refractivity contribution < 1.29 is 9.53 Å². The fraction of sp³-hybridized carbons (Fsp3) is 0.400. The molecule has 0 bridgehead atoms. The molecule has 0 fully saturated rings. The van der Waals surface area contributed by atoms with Gasteiger partial charge in [-0.3, -0.25) is 4.79 Å². The van der Waals surface area contributed by atoms with Gasteiger partial charge in [-0.05, 0) is 38.1 Å². The van der Waals surface area contributed by atoms with Crippen LogP contribution in [0.5, 0.6) is 5.75 Å². The van der Waals surface area contributed by atoms with E-state index in [9.17, 15) is 4.79 Å². The minimum atomic E-state index is -0.269. The quantitative estimate of drug-likeness (QED) is 0.750. The molecule has 0 aliphatic carbocycles. The summed E-state index contributed by atoms with van der Waals surface area (Å²) < 4.78 is 7.26. The minimum Gasteiger partial charge on any atom is -0.492 e. The number of aromatic nitrogens is 3. The fourth-order valence-corrected chi connectivity index (χ4v) is 2.29. The number of benzene rings is 1. The Morgan fingerprint density at radius 2 is 2.30 bits per heavy atom. The van der Waals surface area contributed by atoms with Crippen molar-refractivity contribution in [2.75, 3.05) is 13.2 Å². The average Bonchev–Trinajstić information content (AvgIpc) is 2.95. The molecule has 2 rings (SSSR count). The van der Waals surface area contributed by atoms with E-state index in [-0.39, 0.29) is 11.9 Å². The number of hydrogen-bond acceptors (Lipinski definition) is 5. The number of halogens is 1. The molecule has 0 spiro atoms. The summed E-state index contributed by atoms with van der Waals surface area (Å²) in [4.78, 5) is 12.3. The molecular formula is C15H20ClN5O2. The van der Waals surface area contributed by atoms with E-state index in [1.54, 1.807) is 29.1 Å². The van der Waals surface area contributed by atoms with Gasteiger partial charge in [-0.15, -0.1) is 10.2 Å². The van der Waals surface area contributed by atoms with Crippen LogP contribution in [-0.2, 0) is 7.05 Å². The molecule has 3 N–H and O–H groups in total. The molecule has 0 aliphatic rings. The topological polar surface area (TPSA) is 95.1 Å². The summed E-state index contributed by atoms with van der Waals surface area (Å²) in [5, 5.41) is 11.0. The normalized spacial score (nSPS) is 12.0. The summed E-state index contributed by atoms with van der Waals surface area (Å²) in [6, 6.07) is 4.66. The number of ether oxygens (including phenoxy) is 1. The van der Waals surface area contributed by atoms with E-state index >= 15 is 0 Å². The Morgan fingerprint density at radius 1 is 1.52 bits per heavy atom. The summed E-state index contributed by atoms with van der Waals surface area (Å²) in [5.74, 6) is 0.972. The van der Waals surface area contributed by atoms with Gasteiger partial charge in [0.25, 0.3) is 5.91 Å². The zero-order valence-corrected chi connectivity index (χ0v) is 13.9. The van der Waals surface area contributed by atoms with Crippen LogP contribution in [0.4, 0.5) is 0 Å². The van der Waals surface area contributed by atoms with Gasteiger partial charge >= 0.3 is 0 Å². The van der Waals surface area contributed by atoms with Crippen molar-refractivity contribution in [2.45, 2.75) is 19.4 Å². The second-order valence-corrected chi connectivity index (χ2v) is 5.54. The van der Waals surface area contributed by atoms with Gasteiger partial charge in [-0.1, -0.05) is 11.6 Å². The molecule has 1 atom stereocenters. The third-order valence-electron chi connectivity index (χ3n) is 3.28. The molecule has 0 radical (unpaired) electrons. The third-order valence-corrected chi connectivity index (χ3v) is 3.58. The van der Waals surface area contributed by atoms with E-state index < -0.39 is 0 Å². The maximum absolute atomic E-state index is 12.3. The molecule has 7 nitrogen and oxygen atoms in total. The van der Waals surface area contributed by atoms with Gasteiger partial charge < -0.3 is 20.4 Å². The molecule has 0 saturated heterocycles. The smallest absolute Gasteiger partial charge is 0.251 e. The molecule has 1 aromatic heterocycles. The molecule has 2 aromatic rings. The standard InChI is InChI=1S/C15H20ClN5O2/c1-10(14-20-18-9-21(14)2)19-15(22)11-4-5-13(12(16)8-11)23-7-3-6-17/h4-5,8-10H,3,6-7,17H2,1-2H3,(H,19,22). The van der Waals surface area contributed by atoms with Crippen LogP contribution >= 0.6 is 11.6 Å². The first-order valence-corrected chi connectivity index (χ1v) is 7.68. The van der Waals surface area contributed by atoms with Gasteiger partial charge in [-0.2, -0.15) is 0 Å². The first kappa shape index (κ1) is 17.2. The molecule has 0 aliphatic heterocycles. The Morgan fingerprint density at radius 3 is 2.91 bits per heavy atom. The van der Waals surface area contributed by atoms with Crippen molar-refractivity contribution in [3.8, 4) is 5.75 Å². The molecule has 23 heavy (non-hydrogen) atoms. The van der Waals surface area contributed by atoms with Gasteiger partial charge in [0, 0.05) is 12.6 Å². The summed E-state index contributed by atoms with van der Waals surface area (Å²) in [6.45, 7) is 2.89.